The minimum absolute atomic E-state index is 0.405. The molecule has 0 aliphatic carbocycles. The molecule has 0 fully saturated rings. The highest BCUT2D eigenvalue weighted by Crippen LogP contribution is 2.17. The number of aromatic nitrogens is 1. The van der Waals surface area contributed by atoms with Crippen LogP contribution in [0.15, 0.2) is 36.4 Å². The standard InChI is InChI=1S/C15H18N2O2/c16-9-3-5-12(15(18)19)10-13-8-7-11-4-1-2-6-14(11)17-13/h1-2,4,6-8,12H,3,5,9-10,16H2,(H,18,19). The second-order valence-electron chi connectivity index (χ2n) is 4.67. The van der Waals surface area contributed by atoms with Crippen LogP contribution in [0.3, 0.4) is 0 Å². The van der Waals surface area contributed by atoms with Gasteiger partial charge in [-0.15, -0.1) is 0 Å². The van der Waals surface area contributed by atoms with Gasteiger partial charge in [-0.25, -0.2) is 0 Å². The molecule has 0 radical (unpaired) electrons. The van der Waals surface area contributed by atoms with Crippen molar-refractivity contribution in [2.45, 2.75) is 19.3 Å². The van der Waals surface area contributed by atoms with Crippen LogP contribution in [0.4, 0.5) is 0 Å². The third-order valence-corrected chi connectivity index (χ3v) is 3.22. The topological polar surface area (TPSA) is 76.2 Å². The minimum Gasteiger partial charge on any atom is -0.481 e. The van der Waals surface area contributed by atoms with Gasteiger partial charge in [-0.3, -0.25) is 9.78 Å². The number of benzene rings is 1. The van der Waals surface area contributed by atoms with Crippen LogP contribution in [0.1, 0.15) is 18.5 Å². The first-order valence-electron chi connectivity index (χ1n) is 6.48. The molecule has 0 amide bonds. The van der Waals surface area contributed by atoms with E-state index in [4.69, 9.17) is 5.73 Å². The lowest BCUT2D eigenvalue weighted by atomic mass is 9.97. The number of carbonyl (C=O) groups is 1. The predicted molar refractivity (Wildman–Crippen MR) is 74.9 cm³/mol. The lowest BCUT2D eigenvalue weighted by Gasteiger charge is -2.11. The Labute approximate surface area is 112 Å². The van der Waals surface area contributed by atoms with E-state index in [1.807, 2.05) is 36.4 Å². The second kappa shape index (κ2) is 6.29. The molecule has 19 heavy (non-hydrogen) atoms. The summed E-state index contributed by atoms with van der Waals surface area (Å²) < 4.78 is 0. The van der Waals surface area contributed by atoms with E-state index in [1.165, 1.54) is 0 Å². The van der Waals surface area contributed by atoms with E-state index in [2.05, 4.69) is 4.98 Å². The minimum atomic E-state index is -0.775. The molecule has 1 unspecified atom stereocenters. The van der Waals surface area contributed by atoms with E-state index >= 15 is 0 Å². The van der Waals surface area contributed by atoms with Crippen molar-refractivity contribution in [3.05, 3.63) is 42.1 Å². The quantitative estimate of drug-likeness (QED) is 0.833. The number of carboxylic acid groups (broad SMARTS) is 1. The number of rotatable bonds is 6. The number of aliphatic carboxylic acids is 1. The number of hydrogen-bond acceptors (Lipinski definition) is 3. The average Bonchev–Trinajstić information content (AvgIpc) is 2.43. The van der Waals surface area contributed by atoms with E-state index in [9.17, 15) is 9.90 Å². The number of pyridine rings is 1. The predicted octanol–water partition coefficient (Wildman–Crippen LogP) is 2.22. The summed E-state index contributed by atoms with van der Waals surface area (Å²) in [5, 5.41) is 10.3. The molecule has 0 aliphatic heterocycles. The number of nitrogens with two attached hydrogens (primary N) is 1. The number of para-hydroxylation sites is 1. The average molecular weight is 258 g/mol. The largest absolute Gasteiger partial charge is 0.481 e. The molecule has 1 aromatic heterocycles. The molecule has 3 N–H and O–H groups in total. The van der Waals surface area contributed by atoms with Gasteiger partial charge in [0.15, 0.2) is 0 Å². The molecule has 2 rings (SSSR count). The number of carboxylic acids is 1. The zero-order valence-electron chi connectivity index (χ0n) is 10.7. The summed E-state index contributed by atoms with van der Waals surface area (Å²) in [4.78, 5) is 15.7. The summed E-state index contributed by atoms with van der Waals surface area (Å²) in [7, 11) is 0. The number of fused-ring (bicyclic) bond motifs is 1. The molecule has 0 saturated carbocycles. The first-order chi connectivity index (χ1) is 9.20. The molecule has 1 heterocycles. The van der Waals surface area contributed by atoms with Crippen molar-refractivity contribution in [1.82, 2.24) is 4.98 Å². The summed E-state index contributed by atoms with van der Waals surface area (Å²) in [6.07, 6.45) is 1.78. The van der Waals surface area contributed by atoms with Gasteiger partial charge in [-0.05, 0) is 31.5 Å². The first kappa shape index (κ1) is 13.5. The van der Waals surface area contributed by atoms with Gasteiger partial charge in [-0.2, -0.15) is 0 Å². The molecule has 4 nitrogen and oxygen atoms in total. The number of nitrogens with zero attached hydrogens (tertiary/aromatic N) is 1. The van der Waals surface area contributed by atoms with E-state index in [0.717, 1.165) is 23.0 Å². The van der Waals surface area contributed by atoms with Crippen LogP contribution < -0.4 is 5.73 Å². The van der Waals surface area contributed by atoms with Crippen molar-refractivity contribution in [3.8, 4) is 0 Å². The first-order valence-corrected chi connectivity index (χ1v) is 6.48. The Bertz CT molecular complexity index is 569. The van der Waals surface area contributed by atoms with Crippen LogP contribution in [0, 0.1) is 5.92 Å². The third kappa shape index (κ3) is 3.51. The molecule has 0 saturated heterocycles. The molecule has 1 atom stereocenters. The Kier molecular flexibility index (Phi) is 4.47. The molecular weight excluding hydrogens is 240 g/mol. The molecule has 0 spiro atoms. The zero-order chi connectivity index (χ0) is 13.7. The lowest BCUT2D eigenvalue weighted by molar-refractivity contribution is -0.142. The zero-order valence-corrected chi connectivity index (χ0v) is 10.7. The summed E-state index contributed by atoms with van der Waals surface area (Å²) >= 11 is 0. The highest BCUT2D eigenvalue weighted by Gasteiger charge is 2.18. The van der Waals surface area contributed by atoms with Gasteiger partial charge >= 0.3 is 5.97 Å². The molecule has 2 aromatic rings. The van der Waals surface area contributed by atoms with Gasteiger partial charge in [0, 0.05) is 17.5 Å². The maximum Gasteiger partial charge on any atom is 0.306 e. The van der Waals surface area contributed by atoms with Crippen molar-refractivity contribution < 1.29 is 9.90 Å². The van der Waals surface area contributed by atoms with Crippen LogP contribution in [0.25, 0.3) is 10.9 Å². The summed E-state index contributed by atoms with van der Waals surface area (Å²) in [6.45, 7) is 0.523. The highest BCUT2D eigenvalue weighted by atomic mass is 16.4. The highest BCUT2D eigenvalue weighted by molar-refractivity contribution is 5.78. The SMILES string of the molecule is NCCCC(Cc1ccc2ccccc2n1)C(=O)O. The molecule has 1 aromatic carbocycles. The normalized spacial score (nSPS) is 12.5. The van der Waals surface area contributed by atoms with Crippen molar-refractivity contribution >= 4 is 16.9 Å². The van der Waals surface area contributed by atoms with Gasteiger partial charge in [0.1, 0.15) is 0 Å². The summed E-state index contributed by atoms with van der Waals surface area (Å²) in [6, 6.07) is 11.7. The maximum absolute atomic E-state index is 11.2. The van der Waals surface area contributed by atoms with Crippen molar-refractivity contribution in [2.75, 3.05) is 6.54 Å². The van der Waals surface area contributed by atoms with Crippen LogP contribution in [0.2, 0.25) is 0 Å². The third-order valence-electron chi connectivity index (χ3n) is 3.22. The summed E-state index contributed by atoms with van der Waals surface area (Å²) in [5.41, 5.74) is 7.16. The Morgan fingerprint density at radius 3 is 2.79 bits per heavy atom. The fourth-order valence-corrected chi connectivity index (χ4v) is 2.15. The van der Waals surface area contributed by atoms with E-state index in [-0.39, 0.29) is 0 Å². The Balaban J connectivity index is 2.16. The maximum atomic E-state index is 11.2. The van der Waals surface area contributed by atoms with Gasteiger partial charge in [-0.1, -0.05) is 24.3 Å². The Morgan fingerprint density at radius 1 is 1.26 bits per heavy atom. The monoisotopic (exact) mass is 258 g/mol. The molecule has 4 heteroatoms. The fraction of sp³-hybridized carbons (Fsp3) is 0.333. The van der Waals surface area contributed by atoms with Crippen LogP contribution >= 0.6 is 0 Å². The number of hydrogen-bond donors (Lipinski definition) is 2. The second-order valence-corrected chi connectivity index (χ2v) is 4.67. The smallest absolute Gasteiger partial charge is 0.306 e. The molecule has 0 aliphatic rings. The Morgan fingerprint density at radius 2 is 2.05 bits per heavy atom. The van der Waals surface area contributed by atoms with Gasteiger partial charge in [0.25, 0.3) is 0 Å². The van der Waals surface area contributed by atoms with Gasteiger partial charge in [0.05, 0.1) is 11.4 Å². The van der Waals surface area contributed by atoms with E-state index in [1.54, 1.807) is 0 Å². The molecule has 0 bridgehead atoms. The Hall–Kier alpha value is -1.94. The van der Waals surface area contributed by atoms with Gasteiger partial charge < -0.3 is 10.8 Å². The van der Waals surface area contributed by atoms with E-state index < -0.39 is 11.9 Å². The molecular formula is C15H18N2O2. The van der Waals surface area contributed by atoms with Crippen molar-refractivity contribution in [2.24, 2.45) is 11.7 Å². The van der Waals surface area contributed by atoms with E-state index in [0.29, 0.717) is 19.4 Å². The van der Waals surface area contributed by atoms with Gasteiger partial charge in [0.2, 0.25) is 0 Å². The fourth-order valence-electron chi connectivity index (χ4n) is 2.15. The van der Waals surface area contributed by atoms with Crippen molar-refractivity contribution in [3.63, 3.8) is 0 Å². The van der Waals surface area contributed by atoms with Crippen LogP contribution in [-0.2, 0) is 11.2 Å². The van der Waals surface area contributed by atoms with Crippen LogP contribution in [-0.4, -0.2) is 22.6 Å². The lowest BCUT2D eigenvalue weighted by Crippen LogP contribution is -2.18. The summed E-state index contributed by atoms with van der Waals surface area (Å²) in [5.74, 6) is -1.18. The van der Waals surface area contributed by atoms with Crippen molar-refractivity contribution in [1.29, 1.82) is 0 Å². The molecule has 100 valence electrons. The van der Waals surface area contributed by atoms with Crippen LogP contribution in [0.5, 0.6) is 0 Å².